The highest BCUT2D eigenvalue weighted by atomic mass is 16.5. The number of carboxylic acids is 1. The molecule has 1 aliphatic rings. The molecule has 1 saturated heterocycles. The zero-order valence-corrected chi connectivity index (χ0v) is 9.36. The molecule has 1 heterocycles. The Morgan fingerprint density at radius 3 is 2.88 bits per heavy atom. The molecule has 1 aliphatic heterocycles. The van der Waals surface area contributed by atoms with Crippen molar-refractivity contribution >= 4 is 11.9 Å². The zero-order valence-electron chi connectivity index (χ0n) is 9.36. The molecule has 0 radical (unpaired) electrons. The van der Waals surface area contributed by atoms with Gasteiger partial charge in [-0.05, 0) is 6.42 Å². The highest BCUT2D eigenvalue weighted by Crippen LogP contribution is 2.01. The lowest BCUT2D eigenvalue weighted by molar-refractivity contribution is -0.139. The van der Waals surface area contributed by atoms with Gasteiger partial charge in [0, 0.05) is 19.1 Å². The Morgan fingerprint density at radius 1 is 1.62 bits per heavy atom. The van der Waals surface area contributed by atoms with E-state index in [4.69, 9.17) is 9.84 Å². The van der Waals surface area contributed by atoms with Crippen LogP contribution < -0.4 is 10.6 Å². The SMILES string of the molecule is CCC(CC(=O)O)NC(=O)C1CNCCO1. The minimum absolute atomic E-state index is 0.0532. The molecule has 0 aromatic rings. The quantitative estimate of drug-likeness (QED) is 0.584. The molecule has 0 aromatic carbocycles. The van der Waals surface area contributed by atoms with E-state index in [1.165, 1.54) is 0 Å². The maximum atomic E-state index is 11.7. The van der Waals surface area contributed by atoms with Crippen LogP contribution in [0.2, 0.25) is 0 Å². The van der Waals surface area contributed by atoms with Gasteiger partial charge in [-0.2, -0.15) is 0 Å². The fraction of sp³-hybridized carbons (Fsp3) is 0.800. The smallest absolute Gasteiger partial charge is 0.305 e. The van der Waals surface area contributed by atoms with E-state index in [2.05, 4.69) is 10.6 Å². The molecule has 1 fully saturated rings. The first-order valence-electron chi connectivity index (χ1n) is 5.48. The lowest BCUT2D eigenvalue weighted by atomic mass is 10.1. The van der Waals surface area contributed by atoms with Crippen molar-refractivity contribution in [1.29, 1.82) is 0 Å². The van der Waals surface area contributed by atoms with Crippen molar-refractivity contribution in [2.24, 2.45) is 0 Å². The van der Waals surface area contributed by atoms with Crippen molar-refractivity contribution in [3.8, 4) is 0 Å². The van der Waals surface area contributed by atoms with Crippen LogP contribution in [0, 0.1) is 0 Å². The molecule has 6 nitrogen and oxygen atoms in total. The largest absolute Gasteiger partial charge is 0.481 e. The van der Waals surface area contributed by atoms with Gasteiger partial charge in [0.25, 0.3) is 5.91 Å². The van der Waals surface area contributed by atoms with E-state index in [1.54, 1.807) is 0 Å². The summed E-state index contributed by atoms with van der Waals surface area (Å²) in [5, 5.41) is 14.4. The number of morpholine rings is 1. The van der Waals surface area contributed by atoms with Gasteiger partial charge in [0.05, 0.1) is 13.0 Å². The number of carbonyl (C=O) groups excluding carboxylic acids is 1. The van der Waals surface area contributed by atoms with Crippen LogP contribution in [0.5, 0.6) is 0 Å². The maximum absolute atomic E-state index is 11.7. The second kappa shape index (κ2) is 6.44. The van der Waals surface area contributed by atoms with Gasteiger partial charge in [-0.25, -0.2) is 0 Å². The van der Waals surface area contributed by atoms with Crippen molar-refractivity contribution in [1.82, 2.24) is 10.6 Å². The number of carbonyl (C=O) groups is 2. The van der Waals surface area contributed by atoms with Crippen LogP contribution in [-0.4, -0.2) is 48.8 Å². The Labute approximate surface area is 94.3 Å². The van der Waals surface area contributed by atoms with E-state index in [1.807, 2.05) is 6.92 Å². The molecule has 0 spiro atoms. The average molecular weight is 230 g/mol. The third kappa shape index (κ3) is 4.16. The van der Waals surface area contributed by atoms with Gasteiger partial charge in [-0.3, -0.25) is 9.59 Å². The minimum atomic E-state index is -0.908. The van der Waals surface area contributed by atoms with Crippen molar-refractivity contribution in [2.75, 3.05) is 19.7 Å². The fourth-order valence-corrected chi connectivity index (χ4v) is 1.54. The summed E-state index contributed by atoms with van der Waals surface area (Å²) in [5.74, 6) is -1.14. The van der Waals surface area contributed by atoms with Crippen LogP contribution in [0.15, 0.2) is 0 Å². The second-order valence-corrected chi connectivity index (χ2v) is 3.78. The van der Waals surface area contributed by atoms with Crippen molar-refractivity contribution < 1.29 is 19.4 Å². The van der Waals surface area contributed by atoms with Gasteiger partial charge in [0.15, 0.2) is 0 Å². The molecule has 0 aliphatic carbocycles. The molecular formula is C10H18N2O4. The van der Waals surface area contributed by atoms with Crippen LogP contribution in [-0.2, 0) is 14.3 Å². The van der Waals surface area contributed by atoms with Crippen LogP contribution in [0.1, 0.15) is 19.8 Å². The van der Waals surface area contributed by atoms with Gasteiger partial charge in [0.2, 0.25) is 0 Å². The lowest BCUT2D eigenvalue weighted by Crippen LogP contribution is -2.50. The summed E-state index contributed by atoms with van der Waals surface area (Å²) in [6, 6.07) is -0.324. The Balaban J connectivity index is 2.38. The minimum Gasteiger partial charge on any atom is -0.481 e. The Bertz CT molecular complexity index is 251. The number of amides is 1. The molecule has 2 atom stereocenters. The number of ether oxygens (including phenoxy) is 1. The van der Waals surface area contributed by atoms with Gasteiger partial charge in [-0.1, -0.05) is 6.92 Å². The molecular weight excluding hydrogens is 212 g/mol. The third-order valence-corrected chi connectivity index (χ3v) is 2.48. The van der Waals surface area contributed by atoms with E-state index in [-0.39, 0.29) is 18.4 Å². The summed E-state index contributed by atoms with van der Waals surface area (Å²) in [5.41, 5.74) is 0. The van der Waals surface area contributed by atoms with Gasteiger partial charge < -0.3 is 20.5 Å². The predicted octanol–water partition coefficient (Wildman–Crippen LogP) is -0.656. The molecule has 3 N–H and O–H groups in total. The lowest BCUT2D eigenvalue weighted by Gasteiger charge is -2.24. The van der Waals surface area contributed by atoms with E-state index in [9.17, 15) is 9.59 Å². The zero-order chi connectivity index (χ0) is 12.0. The molecule has 2 unspecified atom stereocenters. The first-order chi connectivity index (χ1) is 7.63. The number of carboxylic acid groups (broad SMARTS) is 1. The van der Waals surface area contributed by atoms with Gasteiger partial charge in [0.1, 0.15) is 6.10 Å². The van der Waals surface area contributed by atoms with Crippen LogP contribution >= 0.6 is 0 Å². The summed E-state index contributed by atoms with van der Waals surface area (Å²) in [7, 11) is 0. The molecule has 1 rings (SSSR count). The van der Waals surface area contributed by atoms with E-state index >= 15 is 0 Å². The molecule has 6 heteroatoms. The standard InChI is InChI=1S/C10H18N2O4/c1-2-7(5-9(13)14)12-10(15)8-6-11-3-4-16-8/h7-8,11H,2-6H2,1H3,(H,12,15)(H,13,14). The van der Waals surface area contributed by atoms with Crippen molar-refractivity contribution in [3.05, 3.63) is 0 Å². The Morgan fingerprint density at radius 2 is 2.38 bits per heavy atom. The number of hydrogen-bond acceptors (Lipinski definition) is 4. The van der Waals surface area contributed by atoms with Crippen LogP contribution in [0.25, 0.3) is 0 Å². The number of aliphatic carboxylic acids is 1. The molecule has 1 amide bonds. The molecule has 92 valence electrons. The van der Waals surface area contributed by atoms with Crippen LogP contribution in [0.3, 0.4) is 0 Å². The Hall–Kier alpha value is -1.14. The first-order valence-corrected chi connectivity index (χ1v) is 5.48. The summed E-state index contributed by atoms with van der Waals surface area (Å²) < 4.78 is 5.27. The molecule has 0 saturated carbocycles. The topological polar surface area (TPSA) is 87.7 Å². The van der Waals surface area contributed by atoms with E-state index in [0.717, 1.165) is 6.54 Å². The fourth-order valence-electron chi connectivity index (χ4n) is 1.54. The number of nitrogens with one attached hydrogen (secondary N) is 2. The summed E-state index contributed by atoms with van der Waals surface area (Å²) in [4.78, 5) is 22.2. The van der Waals surface area contributed by atoms with Gasteiger partial charge >= 0.3 is 5.97 Å². The maximum Gasteiger partial charge on any atom is 0.305 e. The van der Waals surface area contributed by atoms with Crippen molar-refractivity contribution in [2.45, 2.75) is 31.9 Å². The number of hydrogen-bond donors (Lipinski definition) is 3. The van der Waals surface area contributed by atoms with Gasteiger partial charge in [-0.15, -0.1) is 0 Å². The first kappa shape index (κ1) is 12.9. The number of rotatable bonds is 5. The van der Waals surface area contributed by atoms with E-state index in [0.29, 0.717) is 19.6 Å². The van der Waals surface area contributed by atoms with Crippen LogP contribution in [0.4, 0.5) is 0 Å². The molecule has 0 aromatic heterocycles. The average Bonchev–Trinajstić information content (AvgIpc) is 2.28. The second-order valence-electron chi connectivity index (χ2n) is 3.78. The summed E-state index contributed by atoms with van der Waals surface area (Å²) in [6.07, 6.45) is 0.0391. The van der Waals surface area contributed by atoms with Crippen molar-refractivity contribution in [3.63, 3.8) is 0 Å². The molecule has 16 heavy (non-hydrogen) atoms. The monoisotopic (exact) mass is 230 g/mol. The Kier molecular flexibility index (Phi) is 5.21. The highest BCUT2D eigenvalue weighted by molar-refractivity contribution is 5.82. The molecule has 0 bridgehead atoms. The third-order valence-electron chi connectivity index (χ3n) is 2.48. The summed E-state index contributed by atoms with van der Waals surface area (Å²) in [6.45, 7) is 3.58. The predicted molar refractivity (Wildman–Crippen MR) is 57.1 cm³/mol. The summed E-state index contributed by atoms with van der Waals surface area (Å²) >= 11 is 0. The highest BCUT2D eigenvalue weighted by Gasteiger charge is 2.24. The van der Waals surface area contributed by atoms with E-state index < -0.39 is 12.1 Å². The normalized spacial score (nSPS) is 22.4.